The zero-order chi connectivity index (χ0) is 14.6. The van der Waals surface area contributed by atoms with E-state index in [1.807, 2.05) is 20.0 Å². The van der Waals surface area contributed by atoms with Gasteiger partial charge in [0.1, 0.15) is 17.5 Å². The SMILES string of the molecule is Cc1nc(NC(C)(C)CCN)cc(N(C)C(C)C)n1. The van der Waals surface area contributed by atoms with E-state index in [1.54, 1.807) is 0 Å². The molecule has 0 bridgehead atoms. The van der Waals surface area contributed by atoms with Gasteiger partial charge in [0.2, 0.25) is 0 Å². The first-order chi connectivity index (χ1) is 8.75. The van der Waals surface area contributed by atoms with Crippen LogP contribution in [0.5, 0.6) is 0 Å². The fraction of sp³-hybridized carbons (Fsp3) is 0.714. The van der Waals surface area contributed by atoms with Gasteiger partial charge in [0.05, 0.1) is 0 Å². The Morgan fingerprint density at radius 1 is 1.37 bits per heavy atom. The van der Waals surface area contributed by atoms with Crippen molar-refractivity contribution in [3.05, 3.63) is 11.9 Å². The van der Waals surface area contributed by atoms with Crippen LogP contribution in [0.3, 0.4) is 0 Å². The lowest BCUT2D eigenvalue weighted by molar-refractivity contribution is 0.524. The van der Waals surface area contributed by atoms with Gasteiger partial charge in [0, 0.05) is 24.7 Å². The molecule has 1 aromatic heterocycles. The lowest BCUT2D eigenvalue weighted by Crippen LogP contribution is -2.34. The van der Waals surface area contributed by atoms with Crippen molar-refractivity contribution in [1.82, 2.24) is 9.97 Å². The average Bonchev–Trinajstić information content (AvgIpc) is 2.25. The molecule has 0 saturated carbocycles. The van der Waals surface area contributed by atoms with E-state index in [-0.39, 0.29) is 5.54 Å². The zero-order valence-electron chi connectivity index (χ0n) is 13.0. The number of aromatic nitrogens is 2. The van der Waals surface area contributed by atoms with E-state index in [1.165, 1.54) is 0 Å². The molecule has 1 aromatic rings. The second-order valence-corrected chi connectivity index (χ2v) is 5.91. The molecule has 0 atom stereocenters. The highest BCUT2D eigenvalue weighted by molar-refractivity contribution is 5.50. The van der Waals surface area contributed by atoms with Crippen LogP contribution in [0.15, 0.2) is 6.07 Å². The standard InChI is InChI=1S/C14H27N5/c1-10(2)19(6)13-9-12(16-11(3)17-13)18-14(4,5)7-8-15/h9-10H,7-8,15H2,1-6H3,(H,16,17,18). The van der Waals surface area contributed by atoms with Gasteiger partial charge in [-0.25, -0.2) is 9.97 Å². The van der Waals surface area contributed by atoms with Crippen LogP contribution in [0.4, 0.5) is 11.6 Å². The number of nitrogens with zero attached hydrogens (tertiary/aromatic N) is 3. The largest absolute Gasteiger partial charge is 0.365 e. The fourth-order valence-corrected chi connectivity index (χ4v) is 1.83. The lowest BCUT2D eigenvalue weighted by atomic mass is 10.0. The summed E-state index contributed by atoms with van der Waals surface area (Å²) in [5, 5.41) is 3.44. The average molecular weight is 265 g/mol. The minimum Gasteiger partial charge on any atom is -0.365 e. The third-order valence-electron chi connectivity index (χ3n) is 3.20. The first-order valence-corrected chi connectivity index (χ1v) is 6.82. The molecule has 0 saturated heterocycles. The van der Waals surface area contributed by atoms with Crippen LogP contribution >= 0.6 is 0 Å². The second kappa shape index (κ2) is 6.19. The number of rotatable bonds is 6. The van der Waals surface area contributed by atoms with Gasteiger partial charge in [-0.3, -0.25) is 0 Å². The molecule has 0 spiro atoms. The number of aryl methyl sites for hydroxylation is 1. The minimum absolute atomic E-state index is 0.0663. The van der Waals surface area contributed by atoms with Crippen molar-refractivity contribution in [2.24, 2.45) is 5.73 Å². The van der Waals surface area contributed by atoms with Gasteiger partial charge in [0.15, 0.2) is 0 Å². The third-order valence-corrected chi connectivity index (χ3v) is 3.20. The molecule has 0 fully saturated rings. The summed E-state index contributed by atoms with van der Waals surface area (Å²) in [6, 6.07) is 2.39. The maximum absolute atomic E-state index is 5.64. The van der Waals surface area contributed by atoms with E-state index >= 15 is 0 Å². The van der Waals surface area contributed by atoms with Crippen LogP contribution in [0.1, 0.15) is 39.9 Å². The molecule has 0 radical (unpaired) electrons. The summed E-state index contributed by atoms with van der Waals surface area (Å²) >= 11 is 0. The summed E-state index contributed by atoms with van der Waals surface area (Å²) in [7, 11) is 2.04. The Balaban J connectivity index is 2.97. The molecule has 0 aliphatic heterocycles. The van der Waals surface area contributed by atoms with E-state index < -0.39 is 0 Å². The zero-order valence-corrected chi connectivity index (χ0v) is 13.0. The monoisotopic (exact) mass is 265 g/mol. The molecular weight excluding hydrogens is 238 g/mol. The molecular formula is C14H27N5. The summed E-state index contributed by atoms with van der Waals surface area (Å²) in [5.41, 5.74) is 5.57. The summed E-state index contributed by atoms with van der Waals surface area (Å²) in [5.74, 6) is 2.57. The van der Waals surface area contributed by atoms with Crippen LogP contribution in [0, 0.1) is 6.92 Å². The van der Waals surface area contributed by atoms with Crippen LogP contribution < -0.4 is 16.0 Å². The van der Waals surface area contributed by atoms with E-state index in [9.17, 15) is 0 Å². The highest BCUT2D eigenvalue weighted by Crippen LogP contribution is 2.20. The Kier molecular flexibility index (Phi) is 5.11. The Hall–Kier alpha value is -1.36. The van der Waals surface area contributed by atoms with Gasteiger partial charge >= 0.3 is 0 Å². The summed E-state index contributed by atoms with van der Waals surface area (Å²) in [4.78, 5) is 11.1. The molecule has 3 N–H and O–H groups in total. The van der Waals surface area contributed by atoms with Gasteiger partial charge in [0.25, 0.3) is 0 Å². The number of nitrogens with one attached hydrogen (secondary N) is 1. The van der Waals surface area contributed by atoms with Gasteiger partial charge in [-0.1, -0.05) is 0 Å². The van der Waals surface area contributed by atoms with Crippen LogP contribution in [-0.2, 0) is 0 Å². The van der Waals surface area contributed by atoms with Crippen LogP contribution in [0.2, 0.25) is 0 Å². The maximum atomic E-state index is 5.64. The van der Waals surface area contributed by atoms with Crippen molar-refractivity contribution < 1.29 is 0 Å². The van der Waals surface area contributed by atoms with Gasteiger partial charge in [-0.05, 0) is 47.6 Å². The molecule has 5 nitrogen and oxygen atoms in total. The van der Waals surface area contributed by atoms with E-state index in [0.717, 1.165) is 23.9 Å². The fourth-order valence-electron chi connectivity index (χ4n) is 1.83. The Morgan fingerprint density at radius 2 is 2.00 bits per heavy atom. The van der Waals surface area contributed by atoms with Crippen molar-refractivity contribution in [2.45, 2.75) is 52.6 Å². The third kappa shape index (κ3) is 4.67. The highest BCUT2D eigenvalue weighted by atomic mass is 15.2. The van der Waals surface area contributed by atoms with Crippen molar-refractivity contribution in [1.29, 1.82) is 0 Å². The molecule has 0 aromatic carbocycles. The molecule has 19 heavy (non-hydrogen) atoms. The van der Waals surface area contributed by atoms with Crippen molar-refractivity contribution >= 4 is 11.6 Å². The topological polar surface area (TPSA) is 67.1 Å². The van der Waals surface area contributed by atoms with E-state index in [0.29, 0.717) is 12.6 Å². The smallest absolute Gasteiger partial charge is 0.134 e. The molecule has 0 aliphatic carbocycles. The van der Waals surface area contributed by atoms with Gasteiger partial charge in [-0.15, -0.1) is 0 Å². The minimum atomic E-state index is -0.0663. The first kappa shape index (κ1) is 15.7. The summed E-state index contributed by atoms with van der Waals surface area (Å²) < 4.78 is 0. The summed E-state index contributed by atoms with van der Waals surface area (Å²) in [6.45, 7) is 11.1. The van der Waals surface area contributed by atoms with Gasteiger partial charge in [-0.2, -0.15) is 0 Å². The van der Waals surface area contributed by atoms with E-state index in [4.69, 9.17) is 5.73 Å². The van der Waals surface area contributed by atoms with Crippen molar-refractivity contribution in [2.75, 3.05) is 23.8 Å². The number of nitrogens with two attached hydrogens (primary N) is 1. The number of anilines is 2. The lowest BCUT2D eigenvalue weighted by Gasteiger charge is -2.28. The predicted octanol–water partition coefficient (Wildman–Crippen LogP) is 2.17. The molecule has 0 aliphatic rings. The maximum Gasteiger partial charge on any atom is 0.134 e. The molecule has 108 valence electrons. The van der Waals surface area contributed by atoms with Crippen LogP contribution in [-0.4, -0.2) is 35.1 Å². The molecule has 0 unspecified atom stereocenters. The highest BCUT2D eigenvalue weighted by Gasteiger charge is 2.18. The quantitative estimate of drug-likeness (QED) is 0.825. The predicted molar refractivity (Wildman–Crippen MR) is 81.7 cm³/mol. The molecule has 1 heterocycles. The molecule has 1 rings (SSSR count). The second-order valence-electron chi connectivity index (χ2n) is 5.91. The number of hydrogen-bond acceptors (Lipinski definition) is 5. The summed E-state index contributed by atoms with van der Waals surface area (Å²) in [6.07, 6.45) is 0.894. The van der Waals surface area contributed by atoms with Crippen molar-refractivity contribution in [3.8, 4) is 0 Å². The van der Waals surface area contributed by atoms with Gasteiger partial charge < -0.3 is 16.0 Å². The Morgan fingerprint density at radius 3 is 2.53 bits per heavy atom. The Labute approximate surface area is 116 Å². The normalized spacial score (nSPS) is 11.8. The first-order valence-electron chi connectivity index (χ1n) is 6.82. The van der Waals surface area contributed by atoms with Crippen molar-refractivity contribution in [3.63, 3.8) is 0 Å². The Bertz CT molecular complexity index is 414. The number of hydrogen-bond donors (Lipinski definition) is 2. The van der Waals surface area contributed by atoms with Crippen LogP contribution in [0.25, 0.3) is 0 Å². The molecule has 5 heteroatoms. The molecule has 0 amide bonds. The van der Waals surface area contributed by atoms with E-state index in [2.05, 4.69) is 47.9 Å².